The fourth-order valence-corrected chi connectivity index (χ4v) is 2.13. The summed E-state index contributed by atoms with van der Waals surface area (Å²) in [5, 5.41) is 5.42. The van der Waals surface area contributed by atoms with Gasteiger partial charge in [0.15, 0.2) is 0 Å². The van der Waals surface area contributed by atoms with Crippen LogP contribution in [0.1, 0.15) is 13.8 Å². The van der Waals surface area contributed by atoms with Crippen LogP contribution in [-0.2, 0) is 9.47 Å². The molecule has 1 saturated heterocycles. The number of ether oxygens (including phenoxy) is 2. The first-order chi connectivity index (χ1) is 10.6. The molecule has 0 radical (unpaired) electrons. The summed E-state index contributed by atoms with van der Waals surface area (Å²) < 4.78 is 10.2. The topological polar surface area (TPSA) is 79.9 Å². The molecule has 1 atom stereocenters. The normalized spacial score (nSPS) is 17.7. The molecule has 2 N–H and O–H groups in total. The van der Waals surface area contributed by atoms with Crippen LogP contribution in [0.25, 0.3) is 0 Å². The second kappa shape index (κ2) is 7.65. The molecular formula is C15H21N3O4. The number of amides is 3. The lowest BCUT2D eigenvalue weighted by Gasteiger charge is -2.31. The van der Waals surface area contributed by atoms with Gasteiger partial charge in [-0.05, 0) is 38.1 Å². The van der Waals surface area contributed by atoms with Gasteiger partial charge in [0.2, 0.25) is 0 Å². The number of benzene rings is 1. The zero-order valence-electron chi connectivity index (χ0n) is 12.8. The number of anilines is 2. The predicted molar refractivity (Wildman–Crippen MR) is 83.1 cm³/mol. The summed E-state index contributed by atoms with van der Waals surface area (Å²) in [6, 6.07) is 6.71. The van der Waals surface area contributed by atoms with E-state index in [1.165, 1.54) is 0 Å². The van der Waals surface area contributed by atoms with Crippen LogP contribution in [0.4, 0.5) is 21.0 Å². The van der Waals surface area contributed by atoms with Gasteiger partial charge in [0.1, 0.15) is 0 Å². The predicted octanol–water partition coefficient (Wildman–Crippen LogP) is 2.51. The maximum atomic E-state index is 12.1. The summed E-state index contributed by atoms with van der Waals surface area (Å²) in [7, 11) is 0. The molecule has 1 aliphatic heterocycles. The van der Waals surface area contributed by atoms with E-state index in [-0.39, 0.29) is 12.1 Å². The zero-order valence-corrected chi connectivity index (χ0v) is 12.8. The van der Waals surface area contributed by atoms with E-state index in [0.29, 0.717) is 37.7 Å². The Morgan fingerprint density at radius 2 is 1.91 bits per heavy atom. The Bertz CT molecular complexity index is 518. The molecule has 0 unspecified atom stereocenters. The minimum absolute atomic E-state index is 0.0515. The Morgan fingerprint density at radius 1 is 1.27 bits per heavy atom. The van der Waals surface area contributed by atoms with E-state index >= 15 is 0 Å². The highest BCUT2D eigenvalue weighted by Crippen LogP contribution is 2.15. The van der Waals surface area contributed by atoms with Gasteiger partial charge in [-0.1, -0.05) is 0 Å². The van der Waals surface area contributed by atoms with Crippen molar-refractivity contribution in [1.29, 1.82) is 0 Å². The third-order valence-corrected chi connectivity index (χ3v) is 3.19. The van der Waals surface area contributed by atoms with Crippen molar-refractivity contribution >= 4 is 23.5 Å². The number of carbonyl (C=O) groups excluding carboxylic acids is 2. The number of nitrogens with zero attached hydrogens (tertiary/aromatic N) is 1. The summed E-state index contributed by atoms with van der Waals surface area (Å²) >= 11 is 0. The van der Waals surface area contributed by atoms with Gasteiger partial charge >= 0.3 is 12.1 Å². The van der Waals surface area contributed by atoms with Crippen LogP contribution >= 0.6 is 0 Å². The number of rotatable bonds is 3. The third-order valence-electron chi connectivity index (χ3n) is 3.19. The molecule has 0 spiro atoms. The van der Waals surface area contributed by atoms with Gasteiger partial charge in [-0.3, -0.25) is 5.32 Å². The Morgan fingerprint density at radius 3 is 2.50 bits per heavy atom. The van der Waals surface area contributed by atoms with Crippen LogP contribution in [0.5, 0.6) is 0 Å². The molecule has 0 bridgehead atoms. The lowest BCUT2D eigenvalue weighted by molar-refractivity contribution is -0.00138. The van der Waals surface area contributed by atoms with Crippen LogP contribution in [0.2, 0.25) is 0 Å². The molecule has 0 aliphatic carbocycles. The molecule has 7 nitrogen and oxygen atoms in total. The Balaban J connectivity index is 1.87. The largest absolute Gasteiger partial charge is 0.450 e. The number of hydrogen-bond acceptors (Lipinski definition) is 4. The number of urea groups is 1. The van der Waals surface area contributed by atoms with Crippen molar-refractivity contribution in [3.8, 4) is 0 Å². The summed E-state index contributed by atoms with van der Waals surface area (Å²) in [5.41, 5.74) is 1.27. The van der Waals surface area contributed by atoms with Crippen molar-refractivity contribution < 1.29 is 19.1 Å². The van der Waals surface area contributed by atoms with E-state index in [9.17, 15) is 9.59 Å². The van der Waals surface area contributed by atoms with Crippen LogP contribution in [0, 0.1) is 0 Å². The van der Waals surface area contributed by atoms with Gasteiger partial charge in [-0.2, -0.15) is 0 Å². The SMILES string of the molecule is CCOC(=O)Nc1ccc(NC(=O)N2CCO[C@@H](C)C2)cc1. The van der Waals surface area contributed by atoms with E-state index in [2.05, 4.69) is 10.6 Å². The first kappa shape index (κ1) is 16.1. The number of carbonyl (C=O) groups is 2. The number of nitrogens with one attached hydrogen (secondary N) is 2. The zero-order chi connectivity index (χ0) is 15.9. The minimum atomic E-state index is -0.499. The van der Waals surface area contributed by atoms with Crippen LogP contribution in [-0.4, -0.2) is 49.4 Å². The van der Waals surface area contributed by atoms with Crippen molar-refractivity contribution in [3.05, 3.63) is 24.3 Å². The average Bonchev–Trinajstić information content (AvgIpc) is 2.49. The molecule has 0 saturated carbocycles. The molecule has 2 rings (SSSR count). The fraction of sp³-hybridized carbons (Fsp3) is 0.467. The smallest absolute Gasteiger partial charge is 0.411 e. The molecule has 1 fully saturated rings. The van der Waals surface area contributed by atoms with E-state index in [1.54, 1.807) is 36.1 Å². The van der Waals surface area contributed by atoms with Crippen LogP contribution < -0.4 is 10.6 Å². The minimum Gasteiger partial charge on any atom is -0.450 e. The lowest BCUT2D eigenvalue weighted by atomic mass is 10.2. The molecule has 120 valence electrons. The molecule has 1 aliphatic rings. The molecule has 1 heterocycles. The fourth-order valence-electron chi connectivity index (χ4n) is 2.13. The molecular weight excluding hydrogens is 286 g/mol. The summed E-state index contributed by atoms with van der Waals surface area (Å²) in [5.74, 6) is 0. The average molecular weight is 307 g/mol. The van der Waals surface area contributed by atoms with Gasteiger partial charge in [0.25, 0.3) is 0 Å². The Labute approximate surface area is 129 Å². The number of morpholine rings is 1. The lowest BCUT2D eigenvalue weighted by Crippen LogP contribution is -2.46. The highest BCUT2D eigenvalue weighted by molar-refractivity contribution is 5.90. The van der Waals surface area contributed by atoms with Crippen molar-refractivity contribution in [2.24, 2.45) is 0 Å². The second-order valence-corrected chi connectivity index (χ2v) is 4.98. The molecule has 0 aromatic heterocycles. The maximum absolute atomic E-state index is 12.1. The summed E-state index contributed by atoms with van der Waals surface area (Å²) in [4.78, 5) is 25.1. The van der Waals surface area contributed by atoms with Crippen LogP contribution in [0.3, 0.4) is 0 Å². The van der Waals surface area contributed by atoms with E-state index in [4.69, 9.17) is 9.47 Å². The highest BCUT2D eigenvalue weighted by Gasteiger charge is 2.21. The van der Waals surface area contributed by atoms with Gasteiger partial charge in [-0.25, -0.2) is 9.59 Å². The van der Waals surface area contributed by atoms with Crippen molar-refractivity contribution in [2.75, 3.05) is 36.9 Å². The number of hydrogen-bond donors (Lipinski definition) is 2. The van der Waals surface area contributed by atoms with Crippen molar-refractivity contribution in [3.63, 3.8) is 0 Å². The van der Waals surface area contributed by atoms with E-state index < -0.39 is 6.09 Å². The van der Waals surface area contributed by atoms with E-state index in [1.807, 2.05) is 6.92 Å². The standard InChI is InChI=1S/C15H21N3O4/c1-3-21-15(20)17-13-6-4-12(5-7-13)16-14(19)18-8-9-22-11(2)10-18/h4-7,11H,3,8-10H2,1-2H3,(H,16,19)(H,17,20)/t11-/m0/s1. The van der Waals surface area contributed by atoms with Gasteiger partial charge < -0.3 is 19.7 Å². The third kappa shape index (κ3) is 4.63. The monoisotopic (exact) mass is 307 g/mol. The summed E-state index contributed by atoms with van der Waals surface area (Å²) in [6.45, 7) is 5.71. The first-order valence-corrected chi connectivity index (χ1v) is 7.30. The molecule has 22 heavy (non-hydrogen) atoms. The van der Waals surface area contributed by atoms with Gasteiger partial charge in [0, 0.05) is 24.5 Å². The second-order valence-electron chi connectivity index (χ2n) is 4.98. The molecule has 1 aromatic rings. The van der Waals surface area contributed by atoms with Gasteiger partial charge in [-0.15, -0.1) is 0 Å². The van der Waals surface area contributed by atoms with E-state index in [0.717, 1.165) is 0 Å². The quantitative estimate of drug-likeness (QED) is 0.899. The first-order valence-electron chi connectivity index (χ1n) is 7.30. The van der Waals surface area contributed by atoms with Gasteiger partial charge in [0.05, 0.1) is 19.3 Å². The molecule has 3 amide bonds. The summed E-state index contributed by atoms with van der Waals surface area (Å²) in [6.07, 6.45) is -0.447. The Hall–Kier alpha value is -2.28. The highest BCUT2D eigenvalue weighted by atomic mass is 16.5. The van der Waals surface area contributed by atoms with Crippen molar-refractivity contribution in [2.45, 2.75) is 20.0 Å². The van der Waals surface area contributed by atoms with Crippen molar-refractivity contribution in [1.82, 2.24) is 4.90 Å². The molecule has 7 heteroatoms. The molecule has 1 aromatic carbocycles. The van der Waals surface area contributed by atoms with Crippen LogP contribution in [0.15, 0.2) is 24.3 Å². The maximum Gasteiger partial charge on any atom is 0.411 e. The Kier molecular flexibility index (Phi) is 5.60.